The molecular weight excluding hydrogens is 364 g/mol. The maximum atomic E-state index is 9.07. The van der Waals surface area contributed by atoms with E-state index in [4.69, 9.17) is 22.5 Å². The number of hydrogen-bond acceptors (Lipinski definition) is 3. The van der Waals surface area contributed by atoms with Gasteiger partial charge in [0.1, 0.15) is 0 Å². The van der Waals surface area contributed by atoms with Gasteiger partial charge in [-0.25, -0.2) is 0 Å². The zero-order valence-electron chi connectivity index (χ0n) is 17.9. The van der Waals surface area contributed by atoms with Gasteiger partial charge in [-0.3, -0.25) is 0 Å². The van der Waals surface area contributed by atoms with Crippen molar-refractivity contribution >= 4 is 12.6 Å². The Morgan fingerprint density at radius 3 is 2.79 bits per heavy atom. The third kappa shape index (κ3) is 2.97. The summed E-state index contributed by atoms with van der Waals surface area (Å²) in [6.45, 7) is 5.55. The van der Waals surface area contributed by atoms with Crippen LogP contribution < -0.4 is 0 Å². The maximum Gasteiger partial charge on any atom is 0.0616 e. The lowest BCUT2D eigenvalue weighted by atomic mass is 9.47. The Morgan fingerprint density at radius 1 is 1.11 bits per heavy atom. The van der Waals surface area contributed by atoms with Crippen LogP contribution in [0.15, 0.2) is 11.6 Å². The van der Waals surface area contributed by atoms with Crippen molar-refractivity contribution in [3.8, 4) is 0 Å². The number of aliphatic hydroxyl groups excluding tert-OH is 1. The summed E-state index contributed by atoms with van der Waals surface area (Å²) in [6, 6.07) is 0. The molecule has 2 nitrogen and oxygen atoms in total. The summed E-state index contributed by atoms with van der Waals surface area (Å²) < 4.78 is 6.61. The van der Waals surface area contributed by atoms with Crippen molar-refractivity contribution in [2.75, 3.05) is 6.61 Å². The quantitative estimate of drug-likeness (QED) is 0.353. The monoisotopic (exact) mass is 404 g/mol. The smallest absolute Gasteiger partial charge is 0.0616 e. The van der Waals surface area contributed by atoms with E-state index in [9.17, 15) is 0 Å². The summed E-state index contributed by atoms with van der Waals surface area (Å²) in [4.78, 5) is 0. The largest absolute Gasteiger partial charge is 0.396 e. The highest BCUT2D eigenvalue weighted by molar-refractivity contribution is 7.80. The first-order valence-corrected chi connectivity index (χ1v) is 12.6. The second kappa shape index (κ2) is 7.31. The van der Waals surface area contributed by atoms with E-state index in [-0.39, 0.29) is 0 Å². The summed E-state index contributed by atoms with van der Waals surface area (Å²) in [5.74, 6) is 3.42. The average molecular weight is 405 g/mol. The lowest BCUT2D eigenvalue weighted by Crippen LogP contribution is -2.50. The molecule has 3 heteroatoms. The summed E-state index contributed by atoms with van der Waals surface area (Å²) in [5, 5.41) is 9.66. The molecular formula is C25H40O2S. The molecule has 0 spiro atoms. The first kappa shape index (κ1) is 19.9. The Hall–Kier alpha value is 0.01000. The summed E-state index contributed by atoms with van der Waals surface area (Å²) >= 11 is 4.82. The van der Waals surface area contributed by atoms with Gasteiger partial charge in [0.05, 0.1) is 12.2 Å². The number of aliphatic hydroxyl groups is 1. The number of unbranched alkanes of at least 4 members (excludes halogenated alkanes) is 1. The average Bonchev–Trinajstić information content (AvgIpc) is 3.19. The third-order valence-electron chi connectivity index (χ3n) is 10.1. The number of fused-ring (bicyclic) bond motifs is 7. The maximum absolute atomic E-state index is 9.07. The van der Waals surface area contributed by atoms with Crippen LogP contribution in [0.5, 0.6) is 0 Å². The van der Waals surface area contributed by atoms with Gasteiger partial charge in [-0.05, 0) is 105 Å². The van der Waals surface area contributed by atoms with Crippen LogP contribution in [0.4, 0.5) is 0 Å². The lowest BCUT2D eigenvalue weighted by Gasteiger charge is -2.58. The fraction of sp³-hybridized carbons (Fsp3) is 0.920. The molecule has 9 unspecified atom stereocenters. The molecule has 28 heavy (non-hydrogen) atoms. The van der Waals surface area contributed by atoms with Crippen LogP contribution in [-0.4, -0.2) is 29.2 Å². The molecule has 5 rings (SSSR count). The van der Waals surface area contributed by atoms with E-state index in [1.54, 1.807) is 5.57 Å². The van der Waals surface area contributed by atoms with Crippen molar-refractivity contribution in [1.29, 1.82) is 0 Å². The predicted octanol–water partition coefficient (Wildman–Crippen LogP) is 5.79. The first-order chi connectivity index (χ1) is 13.5. The van der Waals surface area contributed by atoms with E-state index in [2.05, 4.69) is 19.9 Å². The number of thiol groups is 1. The Bertz CT molecular complexity index is 632. The molecule has 0 bridgehead atoms. The summed E-state index contributed by atoms with van der Waals surface area (Å²) in [7, 11) is 0. The molecule has 4 fully saturated rings. The fourth-order valence-electron chi connectivity index (χ4n) is 8.56. The molecule has 0 aromatic carbocycles. The van der Waals surface area contributed by atoms with Crippen LogP contribution >= 0.6 is 12.6 Å². The molecule has 0 aromatic rings. The molecule has 0 radical (unpaired) electrons. The van der Waals surface area contributed by atoms with Gasteiger partial charge in [0.2, 0.25) is 0 Å². The Balaban J connectivity index is 1.33. The molecule has 0 aromatic heterocycles. The SMILES string of the molecule is CC12CCC(S)CC1=CCC1C2CCC2(C)C3CC(CCCCO)OC3CC12. The molecule has 1 heterocycles. The zero-order valence-corrected chi connectivity index (χ0v) is 18.8. The van der Waals surface area contributed by atoms with Crippen molar-refractivity contribution in [2.24, 2.45) is 34.5 Å². The molecule has 3 saturated carbocycles. The number of ether oxygens (including phenoxy) is 1. The van der Waals surface area contributed by atoms with Gasteiger partial charge in [-0.15, -0.1) is 0 Å². The van der Waals surface area contributed by atoms with Crippen LogP contribution in [-0.2, 0) is 4.74 Å². The van der Waals surface area contributed by atoms with E-state index in [0.29, 0.717) is 34.9 Å². The topological polar surface area (TPSA) is 29.5 Å². The van der Waals surface area contributed by atoms with Gasteiger partial charge >= 0.3 is 0 Å². The van der Waals surface area contributed by atoms with E-state index in [1.807, 2.05) is 0 Å². The van der Waals surface area contributed by atoms with Crippen LogP contribution in [0.3, 0.4) is 0 Å². The molecule has 5 aliphatic rings. The van der Waals surface area contributed by atoms with Crippen LogP contribution in [0, 0.1) is 34.5 Å². The van der Waals surface area contributed by atoms with E-state index in [1.165, 1.54) is 51.4 Å². The van der Waals surface area contributed by atoms with Gasteiger partial charge < -0.3 is 9.84 Å². The van der Waals surface area contributed by atoms with Crippen molar-refractivity contribution in [1.82, 2.24) is 0 Å². The van der Waals surface area contributed by atoms with Gasteiger partial charge in [0.25, 0.3) is 0 Å². The standard InChI is InChI=1S/C25H40O2S/c1-24-10-8-18(28)13-16(24)6-7-19-20(24)9-11-25(2)21(19)15-23-22(25)14-17(27-23)5-3-4-12-26/h6,17-23,26,28H,3-5,7-15H2,1-2H3. The van der Waals surface area contributed by atoms with Crippen LogP contribution in [0.25, 0.3) is 0 Å². The minimum absolute atomic E-state index is 0.324. The lowest BCUT2D eigenvalue weighted by molar-refractivity contribution is -0.0430. The van der Waals surface area contributed by atoms with Gasteiger partial charge in [0, 0.05) is 11.9 Å². The molecule has 1 N–H and O–H groups in total. The predicted molar refractivity (Wildman–Crippen MR) is 118 cm³/mol. The highest BCUT2D eigenvalue weighted by atomic mass is 32.1. The second-order valence-corrected chi connectivity index (χ2v) is 12.0. The van der Waals surface area contributed by atoms with Crippen LogP contribution in [0.2, 0.25) is 0 Å². The van der Waals surface area contributed by atoms with Crippen molar-refractivity contribution in [2.45, 2.75) is 102 Å². The second-order valence-electron chi connectivity index (χ2n) is 11.3. The number of hydrogen-bond donors (Lipinski definition) is 2. The van der Waals surface area contributed by atoms with Crippen molar-refractivity contribution in [3.05, 3.63) is 11.6 Å². The fourth-order valence-corrected chi connectivity index (χ4v) is 8.89. The van der Waals surface area contributed by atoms with E-state index < -0.39 is 0 Å². The summed E-state index contributed by atoms with van der Waals surface area (Å²) in [6.07, 6.45) is 17.5. The molecule has 1 aliphatic heterocycles. The van der Waals surface area contributed by atoms with Gasteiger partial charge in [-0.1, -0.05) is 25.5 Å². The van der Waals surface area contributed by atoms with Gasteiger partial charge in [-0.2, -0.15) is 12.6 Å². The Labute approximate surface area is 177 Å². The highest BCUT2D eigenvalue weighted by Crippen LogP contribution is 2.68. The normalized spacial score (nSPS) is 52.4. The van der Waals surface area contributed by atoms with E-state index >= 15 is 0 Å². The minimum atomic E-state index is 0.324. The van der Waals surface area contributed by atoms with Crippen molar-refractivity contribution in [3.63, 3.8) is 0 Å². The van der Waals surface area contributed by atoms with Crippen molar-refractivity contribution < 1.29 is 9.84 Å². The zero-order chi connectivity index (χ0) is 19.5. The van der Waals surface area contributed by atoms with Crippen LogP contribution in [0.1, 0.15) is 84.5 Å². The number of rotatable bonds is 4. The van der Waals surface area contributed by atoms with E-state index in [0.717, 1.165) is 42.9 Å². The molecule has 9 atom stereocenters. The molecule has 1 saturated heterocycles. The molecule has 0 amide bonds. The molecule has 158 valence electrons. The molecule has 4 aliphatic carbocycles. The Morgan fingerprint density at radius 2 is 1.96 bits per heavy atom. The minimum Gasteiger partial charge on any atom is -0.396 e. The summed E-state index contributed by atoms with van der Waals surface area (Å²) in [5.41, 5.74) is 2.71. The van der Waals surface area contributed by atoms with Gasteiger partial charge in [0.15, 0.2) is 0 Å². The number of allylic oxidation sites excluding steroid dienone is 2. The Kier molecular flexibility index (Phi) is 5.20. The highest BCUT2D eigenvalue weighted by Gasteiger charge is 2.63. The third-order valence-corrected chi connectivity index (χ3v) is 10.6. The first-order valence-electron chi connectivity index (χ1n) is 12.1.